The predicted molar refractivity (Wildman–Crippen MR) is 529 cm³/mol. The van der Waals surface area contributed by atoms with Gasteiger partial charge in [-0.05, 0) is 105 Å². The summed E-state index contributed by atoms with van der Waals surface area (Å²) in [6.45, 7) is 10.5. The monoisotopic (exact) mass is 2130 g/mol. The number of rotatable bonds is 79. The van der Waals surface area contributed by atoms with Crippen molar-refractivity contribution < 1.29 is 180 Å². The third-order valence-corrected chi connectivity index (χ3v) is 25.0. The number of carbonyl (C=O) groups excluding carboxylic acids is 11. The van der Waals surface area contributed by atoms with Crippen molar-refractivity contribution in [3.8, 4) is 11.4 Å². The summed E-state index contributed by atoms with van der Waals surface area (Å²) in [5, 5.41) is 133. The van der Waals surface area contributed by atoms with Crippen molar-refractivity contribution in [3.05, 3.63) is 104 Å². The van der Waals surface area contributed by atoms with E-state index in [9.17, 15) is 103 Å². The molecule has 2 aromatic heterocycles. The van der Waals surface area contributed by atoms with E-state index in [2.05, 4.69) is 42.5 Å². The van der Waals surface area contributed by atoms with Gasteiger partial charge in [-0.25, -0.2) is 23.8 Å². The van der Waals surface area contributed by atoms with Crippen LogP contribution in [0.25, 0.3) is 22.3 Å². The van der Waals surface area contributed by atoms with Gasteiger partial charge in [0, 0.05) is 105 Å². The zero-order valence-electron chi connectivity index (χ0n) is 85.3. The van der Waals surface area contributed by atoms with Crippen molar-refractivity contribution in [2.75, 3.05) is 223 Å². The van der Waals surface area contributed by atoms with Gasteiger partial charge in [0.15, 0.2) is 5.60 Å². The molecule has 1 unspecified atom stereocenters. The van der Waals surface area contributed by atoms with E-state index in [0.717, 1.165) is 4.90 Å². The Morgan fingerprint density at radius 1 is 0.553 bits per heavy atom. The molecule has 0 fully saturated rings. The van der Waals surface area contributed by atoms with E-state index in [-0.39, 0.29) is 166 Å². The summed E-state index contributed by atoms with van der Waals surface area (Å²) in [5.74, 6) is -6.61. The van der Waals surface area contributed by atoms with E-state index >= 15 is 4.39 Å². The molecule has 1 aliphatic carbocycles. The molecule has 0 saturated heterocycles. The van der Waals surface area contributed by atoms with Gasteiger partial charge in [0.2, 0.25) is 35.4 Å². The molecule has 150 heavy (non-hydrogen) atoms. The minimum absolute atomic E-state index is 0.0192. The third-order valence-electron chi connectivity index (χ3n) is 25.0. The molecule has 13 atom stereocenters. The van der Waals surface area contributed by atoms with Gasteiger partial charge in [-0.1, -0.05) is 39.3 Å². The van der Waals surface area contributed by atoms with E-state index in [4.69, 9.17) is 87.2 Å². The molecule has 0 saturated carbocycles. The highest BCUT2D eigenvalue weighted by Crippen LogP contribution is 2.46. The van der Waals surface area contributed by atoms with Crippen LogP contribution in [0.15, 0.2) is 53.3 Å². The summed E-state index contributed by atoms with van der Waals surface area (Å²) in [6.07, 6.45) is -12.0. The first-order chi connectivity index (χ1) is 72.1. The SMILES string of the molecule is CC[C@@]1(O)C(=O)OCc2c1cc1n(c2=O)Cc2c-1nc1cc(F)c(C)c3c1c2C(NC(=O)OCc1ccc(NC(=O)[C@H](CCCNC(N)=O)NC(=O)[C@@H](NC(=O)[C@H](CCC(=O)NCCOCCOCCOCCOCCOCCOCCOCCOCCOCCOCCOCCOCCC(=O)NCCN(C[C@H](O)[C@@H](O)[C@H](O)[C@H](O)CO)C[C@H](O)[C@@H](O)[C@H](O)[C@H](O)CO)NC(=O)CCCCCN2C(=O)C=CC2=O)C(C)C)cc1)CC3. The molecule has 4 aliphatic rings. The number of alkyl carbamates (subject to hydrolysis) is 1. The highest BCUT2D eigenvalue weighted by atomic mass is 19.1. The number of hydrogen-bond donors (Lipinski definition) is 20. The number of esters is 1. The summed E-state index contributed by atoms with van der Waals surface area (Å²) in [5.41, 5.74) is 6.98. The second-order valence-electron chi connectivity index (χ2n) is 36.3. The van der Waals surface area contributed by atoms with Crippen molar-refractivity contribution in [1.29, 1.82) is 0 Å². The number of amides is 11. The third kappa shape index (κ3) is 40.8. The number of halogens is 1. The minimum atomic E-state index is -2.09. The lowest BCUT2D eigenvalue weighted by Gasteiger charge is -2.33. The Kier molecular flexibility index (Phi) is 55.8. The van der Waals surface area contributed by atoms with Gasteiger partial charge < -0.3 is 175 Å². The van der Waals surface area contributed by atoms with Gasteiger partial charge in [-0.3, -0.25) is 53.0 Å². The number of ether oxygens (including phenoxy) is 14. The number of benzene rings is 2. The standard InChI is InChI=1S/C99H150FN13O37/c1-5-99(136)68-52-74-87-66(54-113(74)95(132)67(68)60-149-96(99)133)85-70(17-16-65-62(4)69(100)53-73(107-87)84(65)85)109-98(135)150-59-63-12-14-64(15-13-63)105-92(129)71(10-9-23-104-97(101)134)108-94(131)86(61(2)3)110-93(130)72(106-81(122)11-7-6-8-26-112-82(123)20-21-83(112)124)18-19-79(120)103-25-29-138-31-33-140-35-37-142-39-41-144-43-45-146-47-49-148-51-50-147-48-46-145-44-42-143-40-38-141-36-34-139-32-30-137-28-22-80(121)102-24-27-111(55-75(116)88(125)90(127)77(118)57-114)56-76(117)89(126)91(128)78(119)58-115/h12-15,20-21,52-53,61,70-72,75-78,86,88-91,114-119,125-128,136H,5-11,16-19,22-51,54-60H2,1-4H3,(H,102,121)(H,103,120)(H,105,129)(H,106,122)(H,108,131)(H,109,135)(H,110,130)(H3,101,104,134)/t70?,71-,72-,75-,76-,77+,78+,86-,88+,89+,90+,91+,99-/m0/s1. The smallest absolute Gasteiger partial charge is 0.407 e. The number of aliphatic hydroxyl groups is 11. The van der Waals surface area contributed by atoms with Crippen LogP contribution < -0.4 is 53.8 Å². The number of nitrogens with one attached hydrogen (secondary N) is 8. The number of pyridine rings is 2. The van der Waals surface area contributed by atoms with Gasteiger partial charge >= 0.3 is 18.1 Å². The first kappa shape index (κ1) is 125. The molecule has 4 aromatic rings. The predicted octanol–water partition coefficient (Wildman–Crippen LogP) is -3.80. The number of urea groups is 1. The summed E-state index contributed by atoms with van der Waals surface area (Å²) in [7, 11) is 0. The fourth-order valence-corrected chi connectivity index (χ4v) is 16.6. The van der Waals surface area contributed by atoms with Gasteiger partial charge in [0.05, 0.1) is 219 Å². The van der Waals surface area contributed by atoms with E-state index in [1.807, 2.05) is 0 Å². The Hall–Kier alpha value is -10.5. The van der Waals surface area contributed by atoms with Crippen molar-refractivity contribution in [2.24, 2.45) is 11.7 Å². The van der Waals surface area contributed by atoms with Gasteiger partial charge in [-0.15, -0.1) is 0 Å². The van der Waals surface area contributed by atoms with Crippen LogP contribution in [0.2, 0.25) is 0 Å². The highest BCUT2D eigenvalue weighted by Gasteiger charge is 2.47. The number of imide groups is 1. The number of anilines is 1. The average Bonchev–Trinajstić information content (AvgIpc) is 1.53. The largest absolute Gasteiger partial charge is 0.458 e. The number of fused-ring (bicyclic) bond motifs is 5. The van der Waals surface area contributed by atoms with E-state index in [0.29, 0.717) is 189 Å². The van der Waals surface area contributed by atoms with Crippen LogP contribution in [0, 0.1) is 18.7 Å². The molecule has 840 valence electrons. The Bertz CT molecular complexity index is 4960. The Morgan fingerprint density at radius 3 is 1.57 bits per heavy atom. The number of nitrogens with zero attached hydrogens (tertiary/aromatic N) is 4. The molecule has 0 bridgehead atoms. The van der Waals surface area contributed by atoms with Gasteiger partial charge in [0.1, 0.15) is 73.8 Å². The fraction of sp³-hybridized carbons (Fsp3) is 0.667. The Balaban J connectivity index is 0.635. The second kappa shape index (κ2) is 67.1. The zero-order valence-corrected chi connectivity index (χ0v) is 85.3. The number of aryl methyl sites for hydroxylation is 1. The van der Waals surface area contributed by atoms with Crippen LogP contribution in [0.3, 0.4) is 0 Å². The molecule has 3 aliphatic heterocycles. The normalized spacial score (nSPS) is 16.8. The highest BCUT2D eigenvalue weighted by molar-refractivity contribution is 6.13. The number of carbonyl (C=O) groups is 11. The van der Waals surface area contributed by atoms with Crippen molar-refractivity contribution >= 4 is 81.9 Å². The number of unbranched alkanes of at least 4 members (excludes halogenated alkanes) is 2. The maximum absolute atomic E-state index is 15.6. The number of nitrogens with two attached hydrogens (primary N) is 1. The molecular weight excluding hydrogens is 1980 g/mol. The van der Waals surface area contributed by atoms with Crippen LogP contribution >= 0.6 is 0 Å². The van der Waals surface area contributed by atoms with E-state index in [1.165, 1.54) is 27.7 Å². The first-order valence-corrected chi connectivity index (χ1v) is 50.6. The summed E-state index contributed by atoms with van der Waals surface area (Å²) in [6, 6.07) is 3.68. The van der Waals surface area contributed by atoms with Gasteiger partial charge in [0.25, 0.3) is 17.4 Å². The van der Waals surface area contributed by atoms with Crippen LogP contribution in [0.4, 0.5) is 19.7 Å². The molecule has 51 heteroatoms. The van der Waals surface area contributed by atoms with E-state index < -0.39 is 188 Å². The van der Waals surface area contributed by atoms with Crippen LogP contribution in [-0.4, -0.2) is 425 Å². The molecular formula is C99H150FN13O37. The van der Waals surface area contributed by atoms with Crippen molar-refractivity contribution in [3.63, 3.8) is 0 Å². The van der Waals surface area contributed by atoms with Crippen molar-refractivity contribution in [1.82, 2.24) is 56.6 Å². The van der Waals surface area contributed by atoms with Crippen molar-refractivity contribution in [2.45, 2.75) is 203 Å². The molecule has 5 heterocycles. The summed E-state index contributed by atoms with van der Waals surface area (Å²) >= 11 is 0. The minimum Gasteiger partial charge on any atom is -0.458 e. The molecule has 50 nitrogen and oxygen atoms in total. The Morgan fingerprint density at radius 2 is 1.05 bits per heavy atom. The van der Waals surface area contributed by atoms with Gasteiger partial charge in [-0.2, -0.15) is 0 Å². The number of aromatic nitrogens is 2. The Labute approximate surface area is 867 Å². The fourth-order valence-electron chi connectivity index (χ4n) is 16.6. The lowest BCUT2D eigenvalue weighted by atomic mass is 9.81. The van der Waals surface area contributed by atoms with Crippen LogP contribution in [0.1, 0.15) is 136 Å². The first-order valence-electron chi connectivity index (χ1n) is 50.6. The van der Waals surface area contributed by atoms with Crippen LogP contribution in [-0.2, 0) is 141 Å². The number of aliphatic hydroxyl groups excluding tert-OH is 10. The summed E-state index contributed by atoms with van der Waals surface area (Å²) in [4.78, 5) is 166. The quantitative estimate of drug-likeness (QED) is 0.0101. The maximum Gasteiger partial charge on any atom is 0.407 e. The molecule has 0 spiro atoms. The maximum atomic E-state index is 15.6. The molecule has 0 radical (unpaired) electrons. The summed E-state index contributed by atoms with van der Waals surface area (Å²) < 4.78 is 94.5. The molecule has 21 N–H and O–H groups in total. The number of primary amides is 1. The zero-order chi connectivity index (χ0) is 109. The van der Waals surface area contributed by atoms with Crippen LogP contribution in [0.5, 0.6) is 0 Å². The number of cyclic esters (lactones) is 1. The molecule has 8 rings (SSSR count). The molecule has 2 aromatic carbocycles. The number of hydrogen-bond acceptors (Lipinski definition) is 39. The average molecular weight is 2130 g/mol. The lowest BCUT2D eigenvalue weighted by molar-refractivity contribution is -0.172. The van der Waals surface area contributed by atoms with E-state index in [1.54, 1.807) is 58.0 Å². The molecule has 11 amide bonds. The lowest BCUT2D eigenvalue weighted by Crippen LogP contribution is -2.58. The second-order valence-corrected chi connectivity index (χ2v) is 36.3. The topological polar surface area (TPSA) is 703 Å².